The Morgan fingerprint density at radius 3 is 2.42 bits per heavy atom. The van der Waals surface area contributed by atoms with E-state index >= 15 is 0 Å². The molecule has 2 saturated carbocycles. The number of hydrogen-bond donors (Lipinski definition) is 1. The van der Waals surface area contributed by atoms with Crippen molar-refractivity contribution in [3.8, 4) is 11.3 Å². The second kappa shape index (κ2) is 7.98. The highest BCUT2D eigenvalue weighted by atomic mass is 19.4. The average Bonchev–Trinajstić information content (AvgIpc) is 3.07. The maximum Gasteiger partial charge on any atom is 0.419 e. The topological polar surface area (TPSA) is 63.2 Å². The number of nitrogen functional groups attached to an aromatic ring is 1. The van der Waals surface area contributed by atoms with Gasteiger partial charge in [0.15, 0.2) is 0 Å². The van der Waals surface area contributed by atoms with Crippen LogP contribution in [0, 0.1) is 11.8 Å². The fraction of sp³-hybridized carbons (Fsp3) is 0.667. The molecule has 0 spiro atoms. The van der Waals surface area contributed by atoms with Crippen molar-refractivity contribution in [3.05, 3.63) is 29.6 Å². The standard InChI is InChI=1S/C24H33F3N6/c1-13(2)33-21(10-20(30-33)15-7-19(24(25,26)27)23(28)29-11-15)22-17-8-16(9-18(17)22)32-6-5-31(4)12-14(32)3/h7,10-11,13-14,16-18,22H,5-6,8-9,12H2,1-4H3,(H2,28,29)/t14-,16-,17-,18+,22?/m0/s1. The molecule has 6 nitrogen and oxygen atoms in total. The van der Waals surface area contributed by atoms with Gasteiger partial charge in [-0.25, -0.2) is 4.98 Å². The molecule has 180 valence electrons. The van der Waals surface area contributed by atoms with Crippen molar-refractivity contribution in [2.24, 2.45) is 11.8 Å². The van der Waals surface area contributed by atoms with Crippen molar-refractivity contribution in [1.29, 1.82) is 0 Å². The molecule has 0 bridgehead atoms. The molecule has 5 atom stereocenters. The van der Waals surface area contributed by atoms with Crippen LogP contribution in [0.25, 0.3) is 11.3 Å². The minimum atomic E-state index is -4.54. The average molecular weight is 463 g/mol. The first-order valence-electron chi connectivity index (χ1n) is 11.9. The number of nitrogens with zero attached hydrogens (tertiary/aromatic N) is 5. The van der Waals surface area contributed by atoms with Crippen molar-refractivity contribution in [2.75, 3.05) is 32.4 Å². The smallest absolute Gasteiger partial charge is 0.383 e. The van der Waals surface area contributed by atoms with Crippen molar-refractivity contribution in [1.82, 2.24) is 24.6 Å². The maximum atomic E-state index is 13.3. The molecule has 3 fully saturated rings. The third kappa shape index (κ3) is 4.03. The van der Waals surface area contributed by atoms with Gasteiger partial charge in [-0.2, -0.15) is 18.3 Å². The lowest BCUT2D eigenvalue weighted by Crippen LogP contribution is -2.54. The number of likely N-dealkylation sites (N-methyl/N-ethyl adjacent to an activating group) is 1. The van der Waals surface area contributed by atoms with Gasteiger partial charge in [-0.15, -0.1) is 0 Å². The number of halogens is 3. The number of pyridine rings is 1. The van der Waals surface area contributed by atoms with Crippen LogP contribution in [0.15, 0.2) is 18.3 Å². The predicted molar refractivity (Wildman–Crippen MR) is 122 cm³/mol. The van der Waals surface area contributed by atoms with Crippen molar-refractivity contribution in [3.63, 3.8) is 0 Å². The van der Waals surface area contributed by atoms with Crippen molar-refractivity contribution < 1.29 is 13.2 Å². The van der Waals surface area contributed by atoms with Crippen LogP contribution in [0.3, 0.4) is 0 Å². The lowest BCUT2D eigenvalue weighted by molar-refractivity contribution is -0.137. The van der Waals surface area contributed by atoms with Gasteiger partial charge in [-0.3, -0.25) is 9.58 Å². The van der Waals surface area contributed by atoms with Gasteiger partial charge in [0.1, 0.15) is 5.82 Å². The highest BCUT2D eigenvalue weighted by Crippen LogP contribution is 2.64. The summed E-state index contributed by atoms with van der Waals surface area (Å²) in [5.41, 5.74) is 6.61. The van der Waals surface area contributed by atoms with E-state index in [4.69, 9.17) is 10.8 Å². The zero-order valence-electron chi connectivity index (χ0n) is 19.7. The van der Waals surface area contributed by atoms with Crippen LogP contribution in [0.4, 0.5) is 19.0 Å². The van der Waals surface area contributed by atoms with Gasteiger partial charge in [0, 0.05) is 61.1 Å². The van der Waals surface area contributed by atoms with E-state index < -0.39 is 17.6 Å². The summed E-state index contributed by atoms with van der Waals surface area (Å²) in [6.45, 7) is 9.83. The number of anilines is 1. The zero-order valence-corrected chi connectivity index (χ0v) is 19.7. The quantitative estimate of drug-likeness (QED) is 0.736. The van der Waals surface area contributed by atoms with E-state index in [9.17, 15) is 13.2 Å². The Bertz CT molecular complexity index is 1020. The number of aromatic nitrogens is 3. The molecule has 1 aliphatic heterocycles. The molecule has 3 heterocycles. The fourth-order valence-corrected chi connectivity index (χ4v) is 6.27. The van der Waals surface area contributed by atoms with Crippen LogP contribution in [-0.4, -0.2) is 63.3 Å². The Morgan fingerprint density at radius 1 is 1.12 bits per heavy atom. The number of nitrogens with two attached hydrogens (primary N) is 1. The van der Waals surface area contributed by atoms with Crippen molar-refractivity contribution in [2.45, 2.75) is 63.8 Å². The largest absolute Gasteiger partial charge is 0.419 e. The number of rotatable bonds is 4. The Balaban J connectivity index is 1.36. The molecule has 33 heavy (non-hydrogen) atoms. The predicted octanol–water partition coefficient (Wildman–Crippen LogP) is 4.25. The molecule has 0 amide bonds. The van der Waals surface area contributed by atoms with E-state index in [1.807, 2.05) is 10.7 Å². The molecule has 2 N–H and O–H groups in total. The van der Waals surface area contributed by atoms with Gasteiger partial charge in [-0.1, -0.05) is 0 Å². The van der Waals surface area contributed by atoms with Crippen LogP contribution in [0.5, 0.6) is 0 Å². The molecule has 1 saturated heterocycles. The van der Waals surface area contributed by atoms with Crippen LogP contribution in [0.2, 0.25) is 0 Å². The van der Waals surface area contributed by atoms with Crippen LogP contribution < -0.4 is 5.73 Å². The monoisotopic (exact) mass is 462 g/mol. The summed E-state index contributed by atoms with van der Waals surface area (Å²) in [6.07, 6.45) is -0.757. The third-order valence-electron chi connectivity index (χ3n) is 7.89. The van der Waals surface area contributed by atoms with Gasteiger partial charge in [0.2, 0.25) is 0 Å². The van der Waals surface area contributed by atoms with E-state index in [0.717, 1.165) is 31.4 Å². The summed E-state index contributed by atoms with van der Waals surface area (Å²) >= 11 is 0. The first-order chi connectivity index (χ1) is 15.5. The lowest BCUT2D eigenvalue weighted by atomic mass is 10.00. The third-order valence-corrected chi connectivity index (χ3v) is 7.89. The van der Waals surface area contributed by atoms with E-state index in [0.29, 0.717) is 41.1 Å². The van der Waals surface area contributed by atoms with Crippen LogP contribution in [-0.2, 0) is 6.18 Å². The normalized spacial score (nSPS) is 30.7. The SMILES string of the molecule is CC(C)n1nc(-c2cnc(N)c(C(F)(F)F)c2)cc1C1[C@H]2C[C@H](N3CCN(C)C[C@@H]3C)C[C@@H]12. The van der Waals surface area contributed by atoms with Crippen LogP contribution in [0.1, 0.15) is 56.8 Å². The van der Waals surface area contributed by atoms with Gasteiger partial charge >= 0.3 is 6.18 Å². The zero-order chi connectivity index (χ0) is 23.7. The number of alkyl halides is 3. The highest BCUT2D eigenvalue weighted by Gasteiger charge is 2.59. The highest BCUT2D eigenvalue weighted by molar-refractivity contribution is 5.63. The Kier molecular flexibility index (Phi) is 5.47. The number of hydrogen-bond acceptors (Lipinski definition) is 5. The minimum absolute atomic E-state index is 0.132. The molecule has 5 rings (SSSR count). The number of piperazine rings is 1. The van der Waals surface area contributed by atoms with Gasteiger partial charge in [0.05, 0.1) is 11.3 Å². The summed E-state index contributed by atoms with van der Waals surface area (Å²) < 4.78 is 42.0. The fourth-order valence-electron chi connectivity index (χ4n) is 6.27. The van der Waals surface area contributed by atoms with E-state index in [1.165, 1.54) is 19.0 Å². The summed E-state index contributed by atoms with van der Waals surface area (Å²) in [5.74, 6) is 1.21. The molecule has 2 aromatic rings. The summed E-state index contributed by atoms with van der Waals surface area (Å²) in [7, 11) is 2.19. The Hall–Kier alpha value is -2.13. The first-order valence-corrected chi connectivity index (χ1v) is 11.9. The first kappa shape index (κ1) is 22.7. The molecule has 3 aliphatic rings. The molecular formula is C24H33F3N6. The summed E-state index contributed by atoms with van der Waals surface area (Å²) in [5, 5.41) is 4.70. The molecule has 1 unspecified atom stereocenters. The molecule has 0 aromatic carbocycles. The van der Waals surface area contributed by atoms with Crippen molar-refractivity contribution >= 4 is 5.82 Å². The Labute approximate surface area is 192 Å². The maximum absolute atomic E-state index is 13.3. The van der Waals surface area contributed by atoms with E-state index in [-0.39, 0.29) is 6.04 Å². The molecular weight excluding hydrogens is 429 g/mol. The number of fused-ring (bicyclic) bond motifs is 1. The Morgan fingerprint density at radius 2 is 1.82 bits per heavy atom. The van der Waals surface area contributed by atoms with Gasteiger partial charge < -0.3 is 10.6 Å². The molecule has 0 radical (unpaired) electrons. The van der Waals surface area contributed by atoms with Crippen LogP contribution >= 0.6 is 0 Å². The van der Waals surface area contributed by atoms with E-state index in [2.05, 4.69) is 42.6 Å². The second-order valence-corrected chi connectivity index (χ2v) is 10.5. The summed E-state index contributed by atoms with van der Waals surface area (Å²) in [4.78, 5) is 8.89. The minimum Gasteiger partial charge on any atom is -0.383 e. The second-order valence-electron chi connectivity index (χ2n) is 10.5. The van der Waals surface area contributed by atoms with Gasteiger partial charge in [-0.05, 0) is 64.6 Å². The van der Waals surface area contributed by atoms with E-state index in [1.54, 1.807) is 0 Å². The van der Waals surface area contributed by atoms with Gasteiger partial charge in [0.25, 0.3) is 0 Å². The summed E-state index contributed by atoms with van der Waals surface area (Å²) in [6, 6.07) is 4.40. The molecule has 2 aromatic heterocycles. The molecule has 2 aliphatic carbocycles. The molecule has 9 heteroatoms. The lowest BCUT2D eigenvalue weighted by Gasteiger charge is -2.42.